The van der Waals surface area contributed by atoms with Crippen molar-refractivity contribution >= 4 is 40.3 Å². The maximum absolute atomic E-state index is 12.7. The Hall–Kier alpha value is -3.41. The smallest absolute Gasteiger partial charge is 0.345 e. The standard InChI is InChI=1S/C24H27ClF3N7O2/c1-14(22(36)32-13-24(26,27)28)35(9-8-34(2)23(37)15-4-3-5-15)19-6-7-29-21(33-19)18-12-31-20-17(18)10-16(25)11-30-20/h6-7,10-12,14-15H,3-5,8-9,13H2,1-2H3,(H,30,31)(H,32,36)/t14-/m0/s1. The molecule has 0 unspecified atom stereocenters. The van der Waals surface area contributed by atoms with Crippen LogP contribution in [0.4, 0.5) is 19.0 Å². The van der Waals surface area contributed by atoms with E-state index in [0.29, 0.717) is 33.3 Å². The summed E-state index contributed by atoms with van der Waals surface area (Å²) in [4.78, 5) is 44.7. The van der Waals surface area contributed by atoms with Crippen molar-refractivity contribution in [2.24, 2.45) is 5.92 Å². The van der Waals surface area contributed by atoms with Crippen LogP contribution in [0, 0.1) is 5.92 Å². The van der Waals surface area contributed by atoms with Gasteiger partial charge in [0, 0.05) is 55.6 Å². The van der Waals surface area contributed by atoms with Crippen LogP contribution in [0.5, 0.6) is 0 Å². The number of amides is 2. The number of nitrogens with one attached hydrogen (secondary N) is 2. The summed E-state index contributed by atoms with van der Waals surface area (Å²) in [5, 5.41) is 3.06. The first kappa shape index (κ1) is 26.6. The van der Waals surface area contributed by atoms with E-state index in [4.69, 9.17) is 11.6 Å². The molecule has 0 radical (unpaired) electrons. The van der Waals surface area contributed by atoms with Crippen LogP contribution in [-0.4, -0.2) is 75.6 Å². The number of hydrogen-bond donors (Lipinski definition) is 2. The molecule has 4 rings (SSSR count). The van der Waals surface area contributed by atoms with Crippen LogP contribution < -0.4 is 10.2 Å². The van der Waals surface area contributed by atoms with Gasteiger partial charge in [0.15, 0.2) is 5.82 Å². The highest BCUT2D eigenvalue weighted by Crippen LogP contribution is 2.29. The summed E-state index contributed by atoms with van der Waals surface area (Å²) in [6, 6.07) is 2.29. The van der Waals surface area contributed by atoms with E-state index in [-0.39, 0.29) is 24.9 Å². The summed E-state index contributed by atoms with van der Waals surface area (Å²) in [7, 11) is 1.68. The summed E-state index contributed by atoms with van der Waals surface area (Å²) >= 11 is 6.11. The first-order chi connectivity index (χ1) is 17.5. The number of rotatable bonds is 9. The van der Waals surface area contributed by atoms with E-state index in [9.17, 15) is 22.8 Å². The van der Waals surface area contributed by atoms with Gasteiger partial charge in [-0.3, -0.25) is 9.59 Å². The van der Waals surface area contributed by atoms with Gasteiger partial charge in [0.1, 0.15) is 24.1 Å². The molecule has 1 aliphatic carbocycles. The maximum Gasteiger partial charge on any atom is 0.405 e. The third-order valence-electron chi connectivity index (χ3n) is 6.49. The van der Waals surface area contributed by atoms with E-state index in [1.807, 2.05) is 5.32 Å². The zero-order chi connectivity index (χ0) is 26.7. The minimum atomic E-state index is -4.54. The SMILES string of the molecule is C[C@@H](C(=O)NCC(F)(F)F)N(CCN(C)C(=O)C1CCC1)c1ccnc(-c2c[nH]c3ncc(Cl)cc23)n1. The van der Waals surface area contributed by atoms with Gasteiger partial charge in [-0.2, -0.15) is 13.2 Å². The van der Waals surface area contributed by atoms with Crippen LogP contribution in [0.15, 0.2) is 30.7 Å². The van der Waals surface area contributed by atoms with Crippen LogP contribution >= 0.6 is 11.6 Å². The molecular formula is C24H27ClF3N7O2. The molecule has 2 amide bonds. The molecule has 0 spiro atoms. The number of halogens is 4. The Morgan fingerprint density at radius 2 is 2.03 bits per heavy atom. The highest BCUT2D eigenvalue weighted by molar-refractivity contribution is 6.31. The van der Waals surface area contributed by atoms with Gasteiger partial charge in [-0.1, -0.05) is 18.0 Å². The molecule has 0 bridgehead atoms. The fraction of sp³-hybridized carbons (Fsp3) is 0.458. The van der Waals surface area contributed by atoms with Crippen molar-refractivity contribution in [3.8, 4) is 11.4 Å². The number of fused-ring (bicyclic) bond motifs is 1. The molecule has 3 aromatic heterocycles. The van der Waals surface area contributed by atoms with Gasteiger partial charge in [-0.25, -0.2) is 15.0 Å². The van der Waals surface area contributed by atoms with E-state index >= 15 is 0 Å². The number of alkyl halides is 3. The van der Waals surface area contributed by atoms with Crippen LogP contribution in [-0.2, 0) is 9.59 Å². The molecular weight excluding hydrogens is 511 g/mol. The summed E-state index contributed by atoms with van der Waals surface area (Å²) in [6.07, 6.45) is 2.87. The molecule has 1 aliphatic rings. The van der Waals surface area contributed by atoms with Gasteiger partial charge in [0.05, 0.1) is 5.02 Å². The van der Waals surface area contributed by atoms with Crippen LogP contribution in [0.25, 0.3) is 22.4 Å². The Kier molecular flexibility index (Phi) is 7.86. The van der Waals surface area contributed by atoms with Gasteiger partial charge in [-0.15, -0.1) is 0 Å². The summed E-state index contributed by atoms with van der Waals surface area (Å²) in [5.74, 6) is -0.146. The van der Waals surface area contributed by atoms with Crippen LogP contribution in [0.2, 0.25) is 5.02 Å². The number of aromatic nitrogens is 4. The Bertz CT molecular complexity index is 1280. The van der Waals surface area contributed by atoms with Gasteiger partial charge in [0.2, 0.25) is 11.8 Å². The number of H-pyrrole nitrogens is 1. The fourth-order valence-electron chi connectivity index (χ4n) is 4.12. The Labute approximate surface area is 216 Å². The Balaban J connectivity index is 1.60. The minimum absolute atomic E-state index is 0.00100. The third kappa shape index (κ3) is 6.30. The number of aromatic amines is 1. The Morgan fingerprint density at radius 1 is 1.27 bits per heavy atom. The highest BCUT2D eigenvalue weighted by atomic mass is 35.5. The second-order valence-corrected chi connectivity index (χ2v) is 9.52. The number of likely N-dealkylation sites (N-methyl/N-ethyl adjacent to an activating group) is 1. The van der Waals surface area contributed by atoms with Gasteiger partial charge < -0.3 is 20.1 Å². The zero-order valence-electron chi connectivity index (χ0n) is 20.3. The van der Waals surface area contributed by atoms with Crippen molar-refractivity contribution in [1.29, 1.82) is 0 Å². The maximum atomic E-state index is 12.7. The van der Waals surface area contributed by atoms with Crippen molar-refractivity contribution in [3.63, 3.8) is 0 Å². The second-order valence-electron chi connectivity index (χ2n) is 9.08. The molecule has 37 heavy (non-hydrogen) atoms. The highest BCUT2D eigenvalue weighted by Gasteiger charge is 2.32. The molecule has 3 aromatic rings. The number of carbonyl (C=O) groups excluding carboxylic acids is 2. The normalized spacial score (nSPS) is 14.8. The molecule has 198 valence electrons. The largest absolute Gasteiger partial charge is 0.405 e. The van der Waals surface area contributed by atoms with E-state index in [0.717, 1.165) is 19.3 Å². The average molecular weight is 538 g/mol. The van der Waals surface area contributed by atoms with Crippen molar-refractivity contribution in [1.82, 2.24) is 30.2 Å². The summed E-state index contributed by atoms with van der Waals surface area (Å²) < 4.78 is 38.1. The van der Waals surface area contributed by atoms with E-state index in [1.165, 1.54) is 19.3 Å². The lowest BCUT2D eigenvalue weighted by Crippen LogP contribution is -2.50. The molecule has 3 heterocycles. The number of nitrogens with zero attached hydrogens (tertiary/aromatic N) is 5. The van der Waals surface area contributed by atoms with Crippen molar-refractivity contribution < 1.29 is 22.8 Å². The summed E-state index contributed by atoms with van der Waals surface area (Å²) in [6.45, 7) is 0.490. The molecule has 1 fully saturated rings. The first-order valence-electron chi connectivity index (χ1n) is 11.9. The molecule has 0 saturated heterocycles. The van der Waals surface area contributed by atoms with Crippen molar-refractivity contribution in [3.05, 3.63) is 35.7 Å². The lowest BCUT2D eigenvalue weighted by molar-refractivity contribution is -0.139. The number of hydrogen-bond acceptors (Lipinski definition) is 6. The number of carbonyl (C=O) groups is 2. The predicted molar refractivity (Wildman–Crippen MR) is 133 cm³/mol. The average Bonchev–Trinajstić information content (AvgIpc) is 3.24. The molecule has 1 atom stereocenters. The summed E-state index contributed by atoms with van der Waals surface area (Å²) in [5.41, 5.74) is 1.21. The van der Waals surface area contributed by atoms with Crippen molar-refractivity contribution in [2.45, 2.75) is 38.4 Å². The van der Waals surface area contributed by atoms with E-state index in [1.54, 1.807) is 35.2 Å². The zero-order valence-corrected chi connectivity index (χ0v) is 21.1. The molecule has 2 N–H and O–H groups in total. The van der Waals surface area contributed by atoms with Gasteiger partial charge in [0.25, 0.3) is 0 Å². The Morgan fingerprint density at radius 3 is 2.70 bits per heavy atom. The van der Waals surface area contributed by atoms with Gasteiger partial charge in [-0.05, 0) is 31.9 Å². The quantitative estimate of drug-likeness (QED) is 0.430. The lowest BCUT2D eigenvalue weighted by atomic mass is 9.84. The number of anilines is 1. The first-order valence-corrected chi connectivity index (χ1v) is 12.2. The fourth-order valence-corrected chi connectivity index (χ4v) is 4.28. The third-order valence-corrected chi connectivity index (χ3v) is 6.70. The van der Waals surface area contributed by atoms with E-state index in [2.05, 4.69) is 19.9 Å². The monoisotopic (exact) mass is 537 g/mol. The van der Waals surface area contributed by atoms with Crippen LogP contribution in [0.3, 0.4) is 0 Å². The molecule has 0 aromatic carbocycles. The number of pyridine rings is 1. The minimum Gasteiger partial charge on any atom is -0.345 e. The molecule has 9 nitrogen and oxygen atoms in total. The molecule has 0 aliphatic heterocycles. The predicted octanol–water partition coefficient (Wildman–Crippen LogP) is 3.81. The molecule has 13 heteroatoms. The van der Waals surface area contributed by atoms with Crippen molar-refractivity contribution in [2.75, 3.05) is 31.6 Å². The van der Waals surface area contributed by atoms with Gasteiger partial charge >= 0.3 is 6.18 Å². The lowest BCUT2D eigenvalue weighted by Gasteiger charge is -2.33. The molecule has 1 saturated carbocycles. The topological polar surface area (TPSA) is 107 Å². The van der Waals surface area contributed by atoms with Crippen LogP contribution in [0.1, 0.15) is 26.2 Å². The second kappa shape index (κ2) is 10.9. The van der Waals surface area contributed by atoms with E-state index < -0.39 is 24.7 Å².